The summed E-state index contributed by atoms with van der Waals surface area (Å²) in [6, 6.07) is 15.6. The molecule has 40 heavy (non-hydrogen) atoms. The molecule has 0 radical (unpaired) electrons. The number of amides is 1. The number of halogens is 2. The van der Waals surface area contributed by atoms with E-state index in [1.807, 2.05) is 13.0 Å². The summed E-state index contributed by atoms with van der Waals surface area (Å²) in [5.41, 5.74) is 0.922. The van der Waals surface area contributed by atoms with E-state index in [9.17, 15) is 14.0 Å². The molecule has 0 N–H and O–H groups in total. The van der Waals surface area contributed by atoms with Crippen LogP contribution in [-0.4, -0.2) is 41.1 Å². The highest BCUT2D eigenvalue weighted by atomic mass is 35.5. The van der Waals surface area contributed by atoms with E-state index < -0.39 is 11.9 Å². The normalized spacial score (nSPS) is 12.0. The van der Waals surface area contributed by atoms with Crippen LogP contribution in [0.3, 0.4) is 0 Å². The second-order valence-corrected chi connectivity index (χ2v) is 10.3. The lowest BCUT2D eigenvalue weighted by molar-refractivity contribution is 0.0648. The number of methoxy groups -OCH3 is 2. The maximum atomic E-state index is 14.2. The van der Waals surface area contributed by atoms with Crippen molar-refractivity contribution in [3.8, 4) is 17.2 Å². The van der Waals surface area contributed by atoms with Gasteiger partial charge in [-0.3, -0.25) is 14.2 Å². The van der Waals surface area contributed by atoms with Crippen molar-refractivity contribution in [3.63, 3.8) is 0 Å². The van der Waals surface area contributed by atoms with Gasteiger partial charge in [0, 0.05) is 18.2 Å². The quantitative estimate of drug-likeness (QED) is 0.211. The van der Waals surface area contributed by atoms with E-state index in [2.05, 4.69) is 13.8 Å². The van der Waals surface area contributed by atoms with Crippen LogP contribution in [0, 0.1) is 11.7 Å². The zero-order chi connectivity index (χ0) is 29.0. The van der Waals surface area contributed by atoms with Gasteiger partial charge in [0.15, 0.2) is 0 Å². The van der Waals surface area contributed by atoms with Crippen LogP contribution in [0.5, 0.6) is 11.5 Å². The van der Waals surface area contributed by atoms with Crippen LogP contribution in [0.15, 0.2) is 65.5 Å². The molecule has 0 spiro atoms. The monoisotopic (exact) mass is 565 g/mol. The van der Waals surface area contributed by atoms with Gasteiger partial charge < -0.3 is 14.4 Å². The minimum absolute atomic E-state index is 0.118. The van der Waals surface area contributed by atoms with Crippen LogP contribution in [0.2, 0.25) is 5.02 Å². The fourth-order valence-electron chi connectivity index (χ4n) is 4.68. The van der Waals surface area contributed by atoms with E-state index >= 15 is 0 Å². The van der Waals surface area contributed by atoms with Crippen molar-refractivity contribution in [2.75, 3.05) is 20.8 Å². The predicted octanol–water partition coefficient (Wildman–Crippen LogP) is 6.84. The Morgan fingerprint density at radius 1 is 1.05 bits per heavy atom. The van der Waals surface area contributed by atoms with E-state index in [-0.39, 0.29) is 16.5 Å². The molecule has 0 saturated carbocycles. The van der Waals surface area contributed by atoms with Crippen LogP contribution >= 0.6 is 11.6 Å². The van der Waals surface area contributed by atoms with Crippen molar-refractivity contribution in [1.29, 1.82) is 0 Å². The maximum Gasteiger partial charge on any atom is 0.266 e. The number of carbonyl (C=O) groups excluding carboxylic acids is 1. The summed E-state index contributed by atoms with van der Waals surface area (Å²) < 4.78 is 26.4. The lowest BCUT2D eigenvalue weighted by atomic mass is 10.0. The minimum atomic E-state index is -0.596. The van der Waals surface area contributed by atoms with E-state index in [4.69, 9.17) is 26.1 Å². The molecule has 7 nitrogen and oxygen atoms in total. The molecule has 4 aromatic rings. The molecule has 210 valence electrons. The summed E-state index contributed by atoms with van der Waals surface area (Å²) in [7, 11) is 3.06. The molecule has 0 bridgehead atoms. The van der Waals surface area contributed by atoms with Crippen molar-refractivity contribution in [2.45, 2.75) is 39.7 Å². The Morgan fingerprint density at radius 2 is 1.73 bits per heavy atom. The van der Waals surface area contributed by atoms with Gasteiger partial charge in [-0.05, 0) is 61.2 Å². The van der Waals surface area contributed by atoms with Crippen molar-refractivity contribution in [2.24, 2.45) is 5.92 Å². The lowest BCUT2D eigenvalue weighted by Gasteiger charge is -2.33. The molecular weight excluding hydrogens is 533 g/mol. The first-order valence-corrected chi connectivity index (χ1v) is 13.6. The van der Waals surface area contributed by atoms with E-state index in [0.717, 1.165) is 6.42 Å². The number of ether oxygens (including phenoxy) is 2. The van der Waals surface area contributed by atoms with Gasteiger partial charge in [0.25, 0.3) is 11.5 Å². The largest absolute Gasteiger partial charge is 0.497 e. The van der Waals surface area contributed by atoms with Crippen LogP contribution in [0.4, 0.5) is 4.39 Å². The zero-order valence-corrected chi connectivity index (χ0v) is 24.0. The number of carbonyl (C=O) groups is 1. The third kappa shape index (κ3) is 5.97. The number of benzene rings is 3. The molecule has 1 aromatic heterocycles. The Morgan fingerprint density at radius 3 is 2.33 bits per heavy atom. The first-order valence-electron chi connectivity index (χ1n) is 13.2. The number of rotatable bonds is 10. The third-order valence-corrected chi connectivity index (χ3v) is 7.12. The van der Waals surface area contributed by atoms with Crippen LogP contribution in [-0.2, 0) is 0 Å². The Kier molecular flexibility index (Phi) is 9.10. The summed E-state index contributed by atoms with van der Waals surface area (Å²) in [5.74, 6) is 0.802. The molecule has 1 heterocycles. The minimum Gasteiger partial charge on any atom is -0.497 e. The first kappa shape index (κ1) is 29.1. The number of aromatic nitrogens is 2. The van der Waals surface area contributed by atoms with Crippen LogP contribution < -0.4 is 15.0 Å². The van der Waals surface area contributed by atoms with E-state index in [1.54, 1.807) is 41.3 Å². The summed E-state index contributed by atoms with van der Waals surface area (Å²) in [4.78, 5) is 34.8. The molecule has 1 atom stereocenters. The van der Waals surface area contributed by atoms with Gasteiger partial charge in [-0.2, -0.15) is 0 Å². The topological polar surface area (TPSA) is 73.7 Å². The average molecular weight is 566 g/mol. The molecule has 1 unspecified atom stereocenters. The first-order chi connectivity index (χ1) is 19.2. The molecule has 0 aliphatic heterocycles. The van der Waals surface area contributed by atoms with Crippen molar-refractivity contribution in [1.82, 2.24) is 14.5 Å². The average Bonchev–Trinajstić information content (AvgIpc) is 2.96. The molecule has 0 saturated heterocycles. The Hall–Kier alpha value is -3.91. The van der Waals surface area contributed by atoms with Gasteiger partial charge in [0.1, 0.15) is 23.1 Å². The van der Waals surface area contributed by atoms with E-state index in [0.29, 0.717) is 58.4 Å². The summed E-state index contributed by atoms with van der Waals surface area (Å²) >= 11 is 6.14. The smallest absolute Gasteiger partial charge is 0.266 e. The number of fused-ring (bicyclic) bond motifs is 1. The maximum absolute atomic E-state index is 14.2. The number of hydrogen-bond acceptors (Lipinski definition) is 5. The number of nitrogens with zero attached hydrogens (tertiary/aromatic N) is 3. The van der Waals surface area contributed by atoms with Gasteiger partial charge >= 0.3 is 0 Å². The van der Waals surface area contributed by atoms with Gasteiger partial charge in [0.2, 0.25) is 0 Å². The fraction of sp³-hybridized carbons (Fsp3) is 0.323. The van der Waals surface area contributed by atoms with E-state index in [1.165, 1.54) is 37.0 Å². The van der Waals surface area contributed by atoms with Crippen molar-refractivity contribution < 1.29 is 18.7 Å². The summed E-state index contributed by atoms with van der Waals surface area (Å²) in [6.45, 7) is 6.53. The predicted molar refractivity (Wildman–Crippen MR) is 155 cm³/mol. The fourth-order valence-corrected chi connectivity index (χ4v) is 4.86. The molecule has 0 aliphatic carbocycles. The summed E-state index contributed by atoms with van der Waals surface area (Å²) in [5, 5.41) is 0.284. The Balaban J connectivity index is 1.96. The highest BCUT2D eigenvalue weighted by Gasteiger charge is 2.30. The second kappa shape index (κ2) is 12.5. The van der Waals surface area contributed by atoms with Crippen LogP contribution in [0.25, 0.3) is 16.6 Å². The molecule has 9 heteroatoms. The second-order valence-electron chi connectivity index (χ2n) is 9.93. The number of para-hydroxylation sites is 1. The highest BCUT2D eigenvalue weighted by Crippen LogP contribution is 2.31. The van der Waals surface area contributed by atoms with Gasteiger partial charge in [0.05, 0.1) is 41.9 Å². The highest BCUT2D eigenvalue weighted by molar-refractivity contribution is 6.30. The van der Waals surface area contributed by atoms with Gasteiger partial charge in [-0.1, -0.05) is 44.5 Å². The lowest BCUT2D eigenvalue weighted by Crippen LogP contribution is -2.39. The van der Waals surface area contributed by atoms with Gasteiger partial charge in [-0.15, -0.1) is 0 Å². The molecular formula is C31H33ClFN3O4. The molecule has 0 aliphatic rings. The van der Waals surface area contributed by atoms with Crippen LogP contribution in [0.1, 0.15) is 55.8 Å². The summed E-state index contributed by atoms with van der Waals surface area (Å²) in [6.07, 6.45) is 1.19. The van der Waals surface area contributed by atoms with Crippen molar-refractivity contribution in [3.05, 3.63) is 93.2 Å². The van der Waals surface area contributed by atoms with Gasteiger partial charge in [-0.25, -0.2) is 9.37 Å². The molecule has 1 amide bonds. The number of hydrogen-bond donors (Lipinski definition) is 0. The molecule has 4 rings (SSSR count). The Labute approximate surface area is 238 Å². The molecule has 0 fully saturated rings. The SMILES string of the molecule is CCC(c1nc2ccccc2c(=O)n1-c1ccc(F)c(Cl)c1)N(CCC(C)C)C(=O)c1cc(OC)cc(OC)c1. The molecule has 3 aromatic carbocycles. The van der Waals surface area contributed by atoms with Crippen molar-refractivity contribution >= 4 is 28.4 Å². The third-order valence-electron chi connectivity index (χ3n) is 6.83. The zero-order valence-electron chi connectivity index (χ0n) is 23.3. The Bertz CT molecular complexity index is 1560. The standard InChI is InChI=1S/C31H33ClFN3O4/c1-6-28(35(14-13-19(2)3)30(37)20-15-22(39-4)18-23(16-20)40-5)29-34-27-10-8-7-9-24(27)31(38)36(29)21-11-12-26(33)25(32)17-21/h7-12,15-19,28H,6,13-14H2,1-5H3.